The number of hydrogen-bond acceptors (Lipinski definition) is 5. The van der Waals surface area contributed by atoms with Crippen LogP contribution < -0.4 is 10.2 Å². The van der Waals surface area contributed by atoms with Crippen LogP contribution >= 0.6 is 0 Å². The molecule has 7 heteroatoms. The van der Waals surface area contributed by atoms with E-state index < -0.39 is 0 Å². The van der Waals surface area contributed by atoms with Gasteiger partial charge in [-0.3, -0.25) is 4.79 Å². The molecule has 0 bridgehead atoms. The lowest BCUT2D eigenvalue weighted by Gasteiger charge is -2.32. The van der Waals surface area contributed by atoms with E-state index in [1.165, 1.54) is 0 Å². The van der Waals surface area contributed by atoms with Gasteiger partial charge in [0, 0.05) is 37.4 Å². The number of amides is 1. The molecule has 3 aromatic rings. The lowest BCUT2D eigenvalue weighted by Crippen LogP contribution is -2.38. The number of anilines is 3. The van der Waals surface area contributed by atoms with Crippen LogP contribution in [-0.4, -0.2) is 33.7 Å². The average Bonchev–Trinajstić information content (AvgIpc) is 3.16. The van der Waals surface area contributed by atoms with E-state index in [4.69, 9.17) is 4.74 Å². The van der Waals surface area contributed by atoms with Crippen molar-refractivity contribution in [3.8, 4) is 11.3 Å². The minimum absolute atomic E-state index is 0.0119. The van der Waals surface area contributed by atoms with Gasteiger partial charge in [0.15, 0.2) is 0 Å². The number of imidazole rings is 1. The summed E-state index contributed by atoms with van der Waals surface area (Å²) in [6.45, 7) is 0.501. The second-order valence-electron chi connectivity index (χ2n) is 8.39. The molecule has 0 unspecified atom stereocenters. The first-order valence-corrected chi connectivity index (χ1v) is 10.8. The van der Waals surface area contributed by atoms with E-state index in [-0.39, 0.29) is 17.9 Å². The largest absolute Gasteiger partial charge is 0.381 e. The Morgan fingerprint density at radius 3 is 2.77 bits per heavy atom. The SMILES string of the molecule is CO[C@H]1CC[C@H](C(=O)N2Cc3cccnc3Nc3ccc(-c4cncn4C)cc32)CC1. The highest BCUT2D eigenvalue weighted by atomic mass is 16.5. The lowest BCUT2D eigenvalue weighted by atomic mass is 9.86. The maximum Gasteiger partial charge on any atom is 0.230 e. The Kier molecular flexibility index (Phi) is 5.19. The highest BCUT2D eigenvalue weighted by molar-refractivity contribution is 6.00. The number of aryl methyl sites for hydroxylation is 1. The minimum atomic E-state index is 0.0119. The maximum absolute atomic E-state index is 13.8. The monoisotopic (exact) mass is 417 g/mol. The summed E-state index contributed by atoms with van der Waals surface area (Å²) in [6, 6.07) is 10.1. The van der Waals surface area contributed by atoms with Gasteiger partial charge in [0.05, 0.1) is 42.2 Å². The van der Waals surface area contributed by atoms with Crippen LogP contribution in [0.3, 0.4) is 0 Å². The molecule has 0 saturated heterocycles. The zero-order valence-corrected chi connectivity index (χ0v) is 17.9. The van der Waals surface area contributed by atoms with E-state index in [1.54, 1.807) is 19.6 Å². The molecule has 3 heterocycles. The fraction of sp³-hybridized carbons (Fsp3) is 0.375. The zero-order chi connectivity index (χ0) is 21.4. The molecular formula is C24H27N5O2. The topological polar surface area (TPSA) is 72.3 Å². The summed E-state index contributed by atoms with van der Waals surface area (Å²) in [5.41, 5.74) is 4.83. The van der Waals surface area contributed by atoms with Gasteiger partial charge in [-0.1, -0.05) is 12.1 Å². The Balaban J connectivity index is 1.55. The van der Waals surface area contributed by atoms with Crippen LogP contribution in [0.5, 0.6) is 0 Å². The summed E-state index contributed by atoms with van der Waals surface area (Å²) in [7, 11) is 3.73. The number of hydrogen-bond donors (Lipinski definition) is 1. The van der Waals surface area contributed by atoms with Crippen LogP contribution in [0.1, 0.15) is 31.2 Å². The van der Waals surface area contributed by atoms with Crippen LogP contribution in [0.2, 0.25) is 0 Å². The number of aromatic nitrogens is 3. The van der Waals surface area contributed by atoms with E-state index in [0.29, 0.717) is 6.54 Å². The predicted octanol–water partition coefficient (Wildman–Crippen LogP) is 4.28. The quantitative estimate of drug-likeness (QED) is 0.689. The van der Waals surface area contributed by atoms with Crippen molar-refractivity contribution in [2.24, 2.45) is 13.0 Å². The van der Waals surface area contributed by atoms with E-state index in [1.807, 2.05) is 40.9 Å². The van der Waals surface area contributed by atoms with E-state index in [0.717, 1.165) is 59.7 Å². The highest BCUT2D eigenvalue weighted by Crippen LogP contribution is 2.39. The number of benzene rings is 1. The third kappa shape index (κ3) is 3.70. The number of fused-ring (bicyclic) bond motifs is 2. The normalized spacial score (nSPS) is 20.4. The molecule has 1 saturated carbocycles. The third-order valence-corrected chi connectivity index (χ3v) is 6.50. The average molecular weight is 418 g/mol. The predicted molar refractivity (Wildman–Crippen MR) is 120 cm³/mol. The number of nitrogens with one attached hydrogen (secondary N) is 1. The molecule has 7 nitrogen and oxygen atoms in total. The van der Waals surface area contributed by atoms with Gasteiger partial charge in [0.1, 0.15) is 5.82 Å². The Labute approximate surface area is 182 Å². The van der Waals surface area contributed by atoms with Crippen molar-refractivity contribution < 1.29 is 9.53 Å². The van der Waals surface area contributed by atoms with Crippen LogP contribution in [0.4, 0.5) is 17.2 Å². The standard InChI is InChI=1S/C24H27N5O2/c1-28-15-25-13-22(28)17-7-10-20-21(12-17)29(14-18-4-3-11-26-23(18)27-20)24(30)16-5-8-19(31-2)9-6-16/h3-4,7,10-13,15-16,19H,5-6,8-9,14H2,1-2H3,(H,26,27)/t16-,19-. The minimum Gasteiger partial charge on any atom is -0.381 e. The fourth-order valence-electron chi connectivity index (χ4n) is 4.68. The summed E-state index contributed by atoms with van der Waals surface area (Å²) >= 11 is 0. The number of ether oxygens (including phenoxy) is 1. The lowest BCUT2D eigenvalue weighted by molar-refractivity contribution is -0.124. The molecular weight excluding hydrogens is 390 g/mol. The molecule has 1 aliphatic heterocycles. The Bertz CT molecular complexity index is 1100. The number of nitrogens with zero attached hydrogens (tertiary/aromatic N) is 4. The first-order valence-electron chi connectivity index (χ1n) is 10.8. The number of carbonyl (C=O) groups excluding carboxylic acids is 1. The molecule has 1 aromatic carbocycles. The molecule has 0 atom stereocenters. The molecule has 0 radical (unpaired) electrons. The van der Waals surface area contributed by atoms with Crippen molar-refractivity contribution >= 4 is 23.1 Å². The fourth-order valence-corrected chi connectivity index (χ4v) is 4.68. The Morgan fingerprint density at radius 1 is 1.19 bits per heavy atom. The summed E-state index contributed by atoms with van der Waals surface area (Å²) in [5, 5.41) is 3.45. The van der Waals surface area contributed by atoms with Gasteiger partial charge < -0.3 is 19.5 Å². The van der Waals surface area contributed by atoms with Crippen molar-refractivity contribution in [3.63, 3.8) is 0 Å². The molecule has 2 aliphatic rings. The molecule has 1 N–H and O–H groups in total. The molecule has 31 heavy (non-hydrogen) atoms. The molecule has 1 aliphatic carbocycles. The van der Waals surface area contributed by atoms with Gasteiger partial charge in [-0.05, 0) is 43.9 Å². The van der Waals surface area contributed by atoms with Crippen LogP contribution in [0.25, 0.3) is 11.3 Å². The van der Waals surface area contributed by atoms with Crippen molar-refractivity contribution in [1.82, 2.24) is 14.5 Å². The summed E-state index contributed by atoms with van der Waals surface area (Å²) in [4.78, 5) is 24.5. The summed E-state index contributed by atoms with van der Waals surface area (Å²) in [5.74, 6) is 0.990. The van der Waals surface area contributed by atoms with E-state index in [9.17, 15) is 4.79 Å². The smallest absolute Gasteiger partial charge is 0.230 e. The maximum atomic E-state index is 13.8. The molecule has 2 aromatic heterocycles. The van der Waals surface area contributed by atoms with Crippen LogP contribution in [0, 0.1) is 5.92 Å². The highest BCUT2D eigenvalue weighted by Gasteiger charge is 2.33. The number of methoxy groups -OCH3 is 1. The Morgan fingerprint density at radius 2 is 2.03 bits per heavy atom. The van der Waals surface area contributed by atoms with Gasteiger partial charge in [0.2, 0.25) is 5.91 Å². The molecule has 5 rings (SSSR count). The molecule has 1 fully saturated rings. The number of rotatable bonds is 3. The second-order valence-corrected chi connectivity index (χ2v) is 8.39. The first-order chi connectivity index (χ1) is 15.1. The van der Waals surface area contributed by atoms with Crippen LogP contribution in [0.15, 0.2) is 49.1 Å². The van der Waals surface area contributed by atoms with Crippen molar-refractivity contribution in [2.75, 3.05) is 17.3 Å². The third-order valence-electron chi connectivity index (χ3n) is 6.50. The first kappa shape index (κ1) is 19.8. The van der Waals surface area contributed by atoms with Gasteiger partial charge in [-0.25, -0.2) is 9.97 Å². The van der Waals surface area contributed by atoms with Gasteiger partial charge in [-0.2, -0.15) is 0 Å². The summed E-state index contributed by atoms with van der Waals surface area (Å²) < 4.78 is 7.49. The molecule has 1 amide bonds. The van der Waals surface area contributed by atoms with Gasteiger partial charge in [-0.15, -0.1) is 0 Å². The van der Waals surface area contributed by atoms with Crippen molar-refractivity contribution in [3.05, 3.63) is 54.6 Å². The van der Waals surface area contributed by atoms with Crippen molar-refractivity contribution in [2.45, 2.75) is 38.3 Å². The number of pyridine rings is 1. The summed E-state index contributed by atoms with van der Waals surface area (Å²) in [6.07, 6.45) is 9.26. The van der Waals surface area contributed by atoms with Gasteiger partial charge in [0.25, 0.3) is 0 Å². The molecule has 0 spiro atoms. The van der Waals surface area contributed by atoms with Gasteiger partial charge >= 0.3 is 0 Å². The molecule has 160 valence electrons. The van der Waals surface area contributed by atoms with Crippen molar-refractivity contribution in [1.29, 1.82) is 0 Å². The second kappa shape index (κ2) is 8.15. The Hall–Kier alpha value is -3.19. The van der Waals surface area contributed by atoms with E-state index in [2.05, 4.69) is 27.4 Å². The van der Waals surface area contributed by atoms with E-state index >= 15 is 0 Å². The number of carbonyl (C=O) groups is 1. The zero-order valence-electron chi connectivity index (χ0n) is 17.9. The van der Waals surface area contributed by atoms with Crippen LogP contribution in [-0.2, 0) is 23.1 Å².